The maximum absolute atomic E-state index is 13.6. The molecule has 30 heavy (non-hydrogen) atoms. The number of nitrogens with zero attached hydrogens (tertiary/aromatic N) is 1. The molecule has 0 saturated carbocycles. The molecule has 2 aromatic rings. The standard InChI is InChI=1S/C20H32N2O6P2/c1-5-25-29(23,26-6-2)20(30(24,27-7-3)28-8-4)15-19-21-16-18(22-19)14-17-12-10-9-11-13-17/h9-13,16,20H,5-8,14-15H2,1-4H3,(H,21,22). The summed E-state index contributed by atoms with van der Waals surface area (Å²) in [6, 6.07) is 9.95. The third kappa shape index (κ3) is 6.61. The van der Waals surface area contributed by atoms with Gasteiger partial charge in [-0.3, -0.25) is 9.13 Å². The van der Waals surface area contributed by atoms with Crippen LogP contribution in [0.3, 0.4) is 0 Å². The van der Waals surface area contributed by atoms with Crippen molar-refractivity contribution in [2.75, 3.05) is 26.4 Å². The molecule has 1 N–H and O–H groups in total. The van der Waals surface area contributed by atoms with Crippen LogP contribution in [0.1, 0.15) is 44.8 Å². The second-order valence-corrected chi connectivity index (χ2v) is 11.3. The fourth-order valence-electron chi connectivity index (χ4n) is 3.11. The molecule has 168 valence electrons. The first kappa shape index (κ1) is 25.0. The molecular formula is C20H32N2O6P2. The zero-order chi connectivity index (χ0) is 22.0. The first-order valence-corrected chi connectivity index (χ1v) is 13.5. The predicted molar refractivity (Wildman–Crippen MR) is 117 cm³/mol. The van der Waals surface area contributed by atoms with Gasteiger partial charge in [-0.1, -0.05) is 30.3 Å². The highest BCUT2D eigenvalue weighted by atomic mass is 31.2. The number of aromatic nitrogens is 2. The Morgan fingerprint density at radius 1 is 0.867 bits per heavy atom. The molecule has 0 atom stereocenters. The lowest BCUT2D eigenvalue weighted by atomic mass is 10.1. The van der Waals surface area contributed by atoms with Gasteiger partial charge in [0.15, 0.2) is 5.40 Å². The van der Waals surface area contributed by atoms with Crippen molar-refractivity contribution in [2.45, 2.75) is 45.9 Å². The van der Waals surface area contributed by atoms with Gasteiger partial charge in [0, 0.05) is 19.0 Å². The molecule has 0 bridgehead atoms. The molecule has 0 aliphatic carbocycles. The van der Waals surface area contributed by atoms with Crippen LogP contribution in [-0.2, 0) is 40.1 Å². The molecule has 0 fully saturated rings. The number of H-pyrrole nitrogens is 1. The van der Waals surface area contributed by atoms with Crippen LogP contribution in [0.4, 0.5) is 0 Å². The second kappa shape index (κ2) is 11.9. The average Bonchev–Trinajstić information content (AvgIpc) is 3.14. The maximum atomic E-state index is 13.6. The number of aromatic amines is 1. The highest BCUT2D eigenvalue weighted by molar-refractivity contribution is 7.72. The Kier molecular flexibility index (Phi) is 9.95. The van der Waals surface area contributed by atoms with Crippen molar-refractivity contribution < 1.29 is 27.2 Å². The van der Waals surface area contributed by atoms with E-state index in [0.717, 1.165) is 11.3 Å². The minimum absolute atomic E-state index is 0.0450. The lowest BCUT2D eigenvalue weighted by Crippen LogP contribution is -2.20. The zero-order valence-electron chi connectivity index (χ0n) is 18.1. The molecule has 1 aromatic heterocycles. The van der Waals surface area contributed by atoms with Gasteiger partial charge in [0.25, 0.3) is 0 Å². The smallest absolute Gasteiger partial charge is 0.346 e. The zero-order valence-corrected chi connectivity index (χ0v) is 19.9. The van der Waals surface area contributed by atoms with Crippen molar-refractivity contribution in [1.29, 1.82) is 0 Å². The molecule has 0 saturated heterocycles. The highest BCUT2D eigenvalue weighted by Gasteiger charge is 2.51. The Morgan fingerprint density at radius 2 is 1.37 bits per heavy atom. The number of hydrogen-bond acceptors (Lipinski definition) is 7. The van der Waals surface area contributed by atoms with E-state index in [1.165, 1.54) is 0 Å². The maximum Gasteiger partial charge on any atom is 0.346 e. The van der Waals surface area contributed by atoms with Crippen molar-refractivity contribution >= 4 is 15.2 Å². The van der Waals surface area contributed by atoms with Crippen LogP contribution in [0.2, 0.25) is 0 Å². The van der Waals surface area contributed by atoms with Crippen molar-refractivity contribution in [2.24, 2.45) is 0 Å². The van der Waals surface area contributed by atoms with Gasteiger partial charge in [0.2, 0.25) is 0 Å². The third-order valence-corrected chi connectivity index (χ3v) is 10.2. The summed E-state index contributed by atoms with van der Waals surface area (Å²) in [6.07, 6.45) is 2.48. The van der Waals surface area contributed by atoms with E-state index in [0.29, 0.717) is 12.2 Å². The van der Waals surface area contributed by atoms with Gasteiger partial charge in [-0.25, -0.2) is 4.98 Å². The van der Waals surface area contributed by atoms with E-state index < -0.39 is 20.6 Å². The fourth-order valence-corrected chi connectivity index (χ4v) is 8.37. The van der Waals surface area contributed by atoms with Crippen molar-refractivity contribution in [3.8, 4) is 0 Å². The molecule has 1 aromatic carbocycles. The molecular weight excluding hydrogens is 426 g/mol. The Labute approximate surface area is 178 Å². The van der Waals surface area contributed by atoms with E-state index >= 15 is 0 Å². The molecule has 1 heterocycles. The van der Waals surface area contributed by atoms with Gasteiger partial charge in [0.1, 0.15) is 5.82 Å². The summed E-state index contributed by atoms with van der Waals surface area (Å²) in [5.41, 5.74) is 1.94. The number of nitrogens with one attached hydrogen (secondary N) is 1. The lowest BCUT2D eigenvalue weighted by Gasteiger charge is -2.30. The largest absolute Gasteiger partial charge is 0.348 e. The lowest BCUT2D eigenvalue weighted by molar-refractivity contribution is 0.194. The third-order valence-electron chi connectivity index (χ3n) is 4.25. The summed E-state index contributed by atoms with van der Waals surface area (Å²) in [7, 11) is -7.61. The SMILES string of the molecule is CCOP(=O)(OCC)C(Cc1nc(Cc2ccccc2)c[nH]1)P(=O)(OCC)OCC. The van der Waals surface area contributed by atoms with Gasteiger partial charge in [-0.2, -0.15) is 0 Å². The minimum Gasteiger partial charge on any atom is -0.348 e. The Morgan fingerprint density at radius 3 is 1.83 bits per heavy atom. The molecule has 2 rings (SSSR count). The molecule has 0 unspecified atom stereocenters. The molecule has 0 amide bonds. The minimum atomic E-state index is -3.81. The topological polar surface area (TPSA) is 99.7 Å². The van der Waals surface area contributed by atoms with Crippen LogP contribution in [0.15, 0.2) is 36.5 Å². The van der Waals surface area contributed by atoms with Crippen LogP contribution in [0, 0.1) is 0 Å². The summed E-state index contributed by atoms with van der Waals surface area (Å²) in [5, 5.41) is -1.12. The molecule has 10 heteroatoms. The monoisotopic (exact) mass is 458 g/mol. The number of rotatable bonds is 14. The van der Waals surface area contributed by atoms with E-state index in [2.05, 4.69) is 9.97 Å². The Bertz CT molecular complexity index is 808. The summed E-state index contributed by atoms with van der Waals surface area (Å²) in [4.78, 5) is 7.69. The molecule has 0 radical (unpaired) electrons. The number of imidazole rings is 1. The Hall–Kier alpha value is -1.27. The van der Waals surface area contributed by atoms with Crippen LogP contribution >= 0.6 is 15.2 Å². The number of benzene rings is 1. The van der Waals surface area contributed by atoms with Crippen molar-refractivity contribution in [1.82, 2.24) is 9.97 Å². The van der Waals surface area contributed by atoms with Crippen LogP contribution in [0.5, 0.6) is 0 Å². The quantitative estimate of drug-likeness (QED) is 0.378. The van der Waals surface area contributed by atoms with E-state index in [1.54, 1.807) is 33.9 Å². The van der Waals surface area contributed by atoms with E-state index in [1.807, 2.05) is 30.3 Å². The van der Waals surface area contributed by atoms with Gasteiger partial charge in [0.05, 0.1) is 32.1 Å². The summed E-state index contributed by atoms with van der Waals surface area (Å²) in [5.74, 6) is 0.519. The predicted octanol–water partition coefficient (Wildman–Crippen LogP) is 5.40. The number of hydrogen-bond donors (Lipinski definition) is 1. The second-order valence-electron chi connectivity index (χ2n) is 6.44. The van der Waals surface area contributed by atoms with Gasteiger partial charge < -0.3 is 23.1 Å². The van der Waals surface area contributed by atoms with Crippen LogP contribution in [0.25, 0.3) is 0 Å². The van der Waals surface area contributed by atoms with Gasteiger partial charge in [-0.15, -0.1) is 0 Å². The van der Waals surface area contributed by atoms with E-state index in [4.69, 9.17) is 18.1 Å². The highest BCUT2D eigenvalue weighted by Crippen LogP contribution is 2.71. The van der Waals surface area contributed by atoms with Crippen LogP contribution in [-0.4, -0.2) is 41.8 Å². The molecule has 0 spiro atoms. The first-order chi connectivity index (χ1) is 14.4. The van der Waals surface area contributed by atoms with E-state index in [9.17, 15) is 9.13 Å². The van der Waals surface area contributed by atoms with Gasteiger partial charge >= 0.3 is 15.2 Å². The van der Waals surface area contributed by atoms with Crippen molar-refractivity contribution in [3.63, 3.8) is 0 Å². The van der Waals surface area contributed by atoms with E-state index in [-0.39, 0.29) is 32.8 Å². The molecule has 8 nitrogen and oxygen atoms in total. The van der Waals surface area contributed by atoms with Crippen LogP contribution < -0.4 is 0 Å². The van der Waals surface area contributed by atoms with Gasteiger partial charge in [-0.05, 0) is 33.3 Å². The first-order valence-electron chi connectivity index (χ1n) is 10.2. The normalized spacial score (nSPS) is 12.6. The average molecular weight is 458 g/mol. The van der Waals surface area contributed by atoms with Crippen molar-refractivity contribution in [3.05, 3.63) is 53.6 Å². The summed E-state index contributed by atoms with van der Waals surface area (Å²) >= 11 is 0. The molecule has 0 aliphatic rings. The summed E-state index contributed by atoms with van der Waals surface area (Å²) in [6.45, 7) is 7.40. The molecule has 0 aliphatic heterocycles. The Balaban J connectivity index is 2.35. The fraction of sp³-hybridized carbons (Fsp3) is 0.550. The summed E-state index contributed by atoms with van der Waals surface area (Å²) < 4.78 is 49.2.